The van der Waals surface area contributed by atoms with E-state index in [0.717, 1.165) is 11.1 Å². The molecule has 0 saturated carbocycles. The molecule has 20 heavy (non-hydrogen) atoms. The van der Waals surface area contributed by atoms with Crippen LogP contribution in [0.1, 0.15) is 16.1 Å². The smallest absolute Gasteiger partial charge is 0.355 e. The Labute approximate surface area is 115 Å². The molecule has 2 aromatic heterocycles. The average molecular weight is 267 g/mol. The molecule has 0 unspecified atom stereocenters. The minimum atomic E-state index is -0.413. The zero-order valence-corrected chi connectivity index (χ0v) is 11.2. The van der Waals surface area contributed by atoms with Crippen molar-refractivity contribution in [2.45, 2.75) is 6.92 Å². The van der Waals surface area contributed by atoms with E-state index in [1.807, 2.05) is 31.2 Å². The first kappa shape index (κ1) is 12.3. The van der Waals surface area contributed by atoms with Crippen molar-refractivity contribution < 1.29 is 9.53 Å². The normalized spacial score (nSPS) is 10.7. The van der Waals surface area contributed by atoms with Gasteiger partial charge in [-0.2, -0.15) is 0 Å². The van der Waals surface area contributed by atoms with Crippen molar-refractivity contribution in [3.05, 3.63) is 53.7 Å². The molecular weight excluding hydrogens is 254 g/mol. The summed E-state index contributed by atoms with van der Waals surface area (Å²) in [5.74, 6) is 0.213. The van der Waals surface area contributed by atoms with Crippen molar-refractivity contribution in [1.82, 2.24) is 14.6 Å². The Kier molecular flexibility index (Phi) is 2.95. The summed E-state index contributed by atoms with van der Waals surface area (Å²) in [6.07, 6.45) is 0. The molecule has 0 bridgehead atoms. The highest BCUT2D eigenvalue weighted by Gasteiger charge is 2.16. The molecule has 0 spiro atoms. The summed E-state index contributed by atoms with van der Waals surface area (Å²) in [5, 5.41) is 8.28. The molecule has 0 aliphatic rings. The second-order valence-electron chi connectivity index (χ2n) is 4.49. The van der Waals surface area contributed by atoms with Gasteiger partial charge in [0.2, 0.25) is 0 Å². The Balaban J connectivity index is 2.26. The van der Waals surface area contributed by atoms with Crippen molar-refractivity contribution >= 4 is 11.6 Å². The van der Waals surface area contributed by atoms with Crippen molar-refractivity contribution in [1.29, 1.82) is 0 Å². The first-order valence-electron chi connectivity index (χ1n) is 6.20. The number of methoxy groups -OCH3 is 1. The van der Waals surface area contributed by atoms with Gasteiger partial charge in [-0.1, -0.05) is 35.9 Å². The number of nitrogens with zero attached hydrogens (tertiary/aromatic N) is 3. The van der Waals surface area contributed by atoms with Crippen LogP contribution in [0, 0.1) is 6.92 Å². The van der Waals surface area contributed by atoms with Crippen LogP contribution in [0.25, 0.3) is 17.0 Å². The Hall–Kier alpha value is -2.69. The largest absolute Gasteiger partial charge is 0.464 e. The van der Waals surface area contributed by atoms with Crippen LogP contribution in [0.5, 0.6) is 0 Å². The zero-order valence-electron chi connectivity index (χ0n) is 11.2. The standard InChI is InChI=1S/C15H13N3O2/c1-10-6-8-11(9-7-10)14-17-16-13-5-3-4-12(18(13)14)15(19)20-2/h3-9H,1-2H3. The Morgan fingerprint density at radius 3 is 2.55 bits per heavy atom. The molecule has 5 heteroatoms. The summed E-state index contributed by atoms with van der Waals surface area (Å²) in [4.78, 5) is 11.9. The van der Waals surface area contributed by atoms with Gasteiger partial charge >= 0.3 is 5.97 Å². The maximum atomic E-state index is 11.9. The van der Waals surface area contributed by atoms with Gasteiger partial charge in [0.15, 0.2) is 11.5 Å². The average Bonchev–Trinajstić information content (AvgIpc) is 2.91. The predicted octanol–water partition coefficient (Wildman–Crippen LogP) is 2.49. The zero-order chi connectivity index (χ0) is 14.1. The number of carbonyl (C=O) groups excluding carboxylic acids is 1. The Morgan fingerprint density at radius 1 is 1.10 bits per heavy atom. The fourth-order valence-corrected chi connectivity index (χ4v) is 2.10. The summed E-state index contributed by atoms with van der Waals surface area (Å²) in [6, 6.07) is 13.2. The molecule has 3 aromatic rings. The van der Waals surface area contributed by atoms with Crippen molar-refractivity contribution in [2.75, 3.05) is 7.11 Å². The van der Waals surface area contributed by atoms with E-state index in [9.17, 15) is 4.79 Å². The fourth-order valence-electron chi connectivity index (χ4n) is 2.10. The van der Waals surface area contributed by atoms with Crippen molar-refractivity contribution in [2.24, 2.45) is 0 Å². The third-order valence-corrected chi connectivity index (χ3v) is 3.13. The number of benzene rings is 1. The maximum absolute atomic E-state index is 11.9. The number of rotatable bonds is 2. The topological polar surface area (TPSA) is 56.5 Å². The molecule has 0 amide bonds. The maximum Gasteiger partial charge on any atom is 0.355 e. The highest BCUT2D eigenvalue weighted by molar-refractivity contribution is 5.89. The van der Waals surface area contributed by atoms with Gasteiger partial charge in [-0.25, -0.2) is 4.79 Å². The summed E-state index contributed by atoms with van der Waals surface area (Å²) in [5.41, 5.74) is 3.09. The fraction of sp³-hybridized carbons (Fsp3) is 0.133. The lowest BCUT2D eigenvalue weighted by Gasteiger charge is -2.06. The van der Waals surface area contributed by atoms with Gasteiger partial charge in [0.05, 0.1) is 7.11 Å². The minimum Gasteiger partial charge on any atom is -0.464 e. The van der Waals surface area contributed by atoms with Gasteiger partial charge in [0.25, 0.3) is 0 Å². The number of pyridine rings is 1. The number of fused-ring (bicyclic) bond motifs is 1. The lowest BCUT2D eigenvalue weighted by atomic mass is 10.1. The first-order chi connectivity index (χ1) is 9.70. The quantitative estimate of drug-likeness (QED) is 0.669. The van der Waals surface area contributed by atoms with Gasteiger partial charge in [-0.3, -0.25) is 4.40 Å². The number of aryl methyl sites for hydroxylation is 1. The van der Waals surface area contributed by atoms with E-state index in [2.05, 4.69) is 10.2 Å². The predicted molar refractivity (Wildman–Crippen MR) is 74.5 cm³/mol. The summed E-state index contributed by atoms with van der Waals surface area (Å²) < 4.78 is 6.51. The summed E-state index contributed by atoms with van der Waals surface area (Å²) in [6.45, 7) is 2.02. The monoisotopic (exact) mass is 267 g/mol. The van der Waals surface area contributed by atoms with Crippen LogP contribution in [0.2, 0.25) is 0 Å². The summed E-state index contributed by atoms with van der Waals surface area (Å²) >= 11 is 0. The molecule has 0 aliphatic carbocycles. The number of hydrogen-bond acceptors (Lipinski definition) is 4. The highest BCUT2D eigenvalue weighted by Crippen LogP contribution is 2.20. The van der Waals surface area contributed by atoms with Crippen LogP contribution >= 0.6 is 0 Å². The molecule has 100 valence electrons. The second-order valence-corrected chi connectivity index (χ2v) is 4.49. The van der Waals surface area contributed by atoms with Crippen LogP contribution in [-0.2, 0) is 4.74 Å². The molecule has 0 atom stereocenters. The van der Waals surface area contributed by atoms with Gasteiger partial charge in [0, 0.05) is 5.56 Å². The van der Waals surface area contributed by atoms with E-state index in [1.54, 1.807) is 22.6 Å². The van der Waals surface area contributed by atoms with Crippen molar-refractivity contribution in [3.63, 3.8) is 0 Å². The second kappa shape index (κ2) is 4.77. The number of carbonyl (C=O) groups is 1. The van der Waals surface area contributed by atoms with Crippen LogP contribution < -0.4 is 0 Å². The Bertz CT molecular complexity index is 775. The lowest BCUT2D eigenvalue weighted by molar-refractivity contribution is 0.0592. The van der Waals surface area contributed by atoms with Crippen molar-refractivity contribution in [3.8, 4) is 11.4 Å². The SMILES string of the molecule is COC(=O)c1cccc2nnc(-c3ccc(C)cc3)n12. The number of esters is 1. The van der Waals surface area contributed by atoms with E-state index >= 15 is 0 Å². The Morgan fingerprint density at radius 2 is 1.85 bits per heavy atom. The number of hydrogen-bond donors (Lipinski definition) is 0. The first-order valence-corrected chi connectivity index (χ1v) is 6.20. The number of ether oxygens (including phenoxy) is 1. The molecule has 5 nitrogen and oxygen atoms in total. The summed E-state index contributed by atoms with van der Waals surface area (Å²) in [7, 11) is 1.36. The molecule has 0 radical (unpaired) electrons. The van der Waals surface area contributed by atoms with Gasteiger partial charge in [0.1, 0.15) is 5.69 Å². The van der Waals surface area contributed by atoms with E-state index in [0.29, 0.717) is 17.2 Å². The molecular formula is C15H13N3O2. The third kappa shape index (κ3) is 1.93. The van der Waals surface area contributed by atoms with Gasteiger partial charge in [-0.05, 0) is 19.1 Å². The number of aromatic nitrogens is 3. The molecule has 0 N–H and O–H groups in total. The highest BCUT2D eigenvalue weighted by atomic mass is 16.5. The van der Waals surface area contributed by atoms with Crippen LogP contribution in [-0.4, -0.2) is 27.7 Å². The van der Waals surface area contributed by atoms with E-state index in [4.69, 9.17) is 4.74 Å². The lowest BCUT2D eigenvalue weighted by Crippen LogP contribution is -2.08. The third-order valence-electron chi connectivity index (χ3n) is 3.13. The molecule has 0 saturated heterocycles. The van der Waals surface area contributed by atoms with Gasteiger partial charge in [-0.15, -0.1) is 10.2 Å². The van der Waals surface area contributed by atoms with E-state index in [-0.39, 0.29) is 0 Å². The van der Waals surface area contributed by atoms with Crippen LogP contribution in [0.3, 0.4) is 0 Å². The molecule has 3 rings (SSSR count). The van der Waals surface area contributed by atoms with Gasteiger partial charge < -0.3 is 4.74 Å². The van der Waals surface area contributed by atoms with Crippen LogP contribution in [0.15, 0.2) is 42.5 Å². The molecule has 0 aliphatic heterocycles. The van der Waals surface area contributed by atoms with E-state index in [1.165, 1.54) is 7.11 Å². The minimum absolute atomic E-state index is 0.408. The molecule has 1 aromatic carbocycles. The molecule has 0 fully saturated rings. The van der Waals surface area contributed by atoms with Crippen LogP contribution in [0.4, 0.5) is 0 Å². The molecule has 2 heterocycles. The van der Waals surface area contributed by atoms with E-state index < -0.39 is 5.97 Å².